The van der Waals surface area contributed by atoms with Crippen molar-refractivity contribution < 1.29 is 9.90 Å². The van der Waals surface area contributed by atoms with Crippen LogP contribution in [0.15, 0.2) is 49.1 Å². The fraction of sp³-hybridized carbons (Fsp3) is 0.188. The molecule has 1 N–H and O–H groups in total. The number of allylic oxidation sites excluding steroid dienone is 2. The lowest BCUT2D eigenvalue weighted by molar-refractivity contribution is -0.132. The van der Waals surface area contributed by atoms with Gasteiger partial charge < -0.3 is 5.11 Å². The molecule has 0 spiro atoms. The summed E-state index contributed by atoms with van der Waals surface area (Å²) in [6.45, 7) is 9.06. The van der Waals surface area contributed by atoms with Gasteiger partial charge in [0.25, 0.3) is 0 Å². The van der Waals surface area contributed by atoms with Crippen LogP contribution in [-0.4, -0.2) is 11.1 Å². The summed E-state index contributed by atoms with van der Waals surface area (Å²) in [5.74, 6) is -0.895. The molecule has 0 heterocycles. The molecular weight excluding hydrogens is 224 g/mol. The van der Waals surface area contributed by atoms with E-state index in [1.807, 2.05) is 30.4 Å². The fourth-order valence-corrected chi connectivity index (χ4v) is 1.80. The Morgan fingerprint density at radius 3 is 2.11 bits per heavy atom. The monoisotopic (exact) mass is 242 g/mol. The first kappa shape index (κ1) is 14.0. The maximum atomic E-state index is 10.9. The number of carboxylic acid groups (broad SMARTS) is 1. The summed E-state index contributed by atoms with van der Waals surface area (Å²) in [6, 6.07) is 5.97. The van der Waals surface area contributed by atoms with Crippen LogP contribution < -0.4 is 0 Å². The van der Waals surface area contributed by atoms with Gasteiger partial charge >= 0.3 is 5.97 Å². The quantitative estimate of drug-likeness (QED) is 0.611. The second-order valence-corrected chi connectivity index (χ2v) is 4.11. The SMILES string of the molecule is C=CCc1cccc(CC=C)c1/C=C(\C)C(=O)O. The zero-order valence-corrected chi connectivity index (χ0v) is 10.6. The Hall–Kier alpha value is -2.09. The predicted molar refractivity (Wildman–Crippen MR) is 75.5 cm³/mol. The molecule has 0 saturated heterocycles. The summed E-state index contributed by atoms with van der Waals surface area (Å²) in [6.07, 6.45) is 6.81. The zero-order chi connectivity index (χ0) is 13.5. The van der Waals surface area contributed by atoms with Crippen LogP contribution >= 0.6 is 0 Å². The third-order valence-electron chi connectivity index (χ3n) is 2.71. The van der Waals surface area contributed by atoms with Crippen LogP contribution in [0, 0.1) is 0 Å². The van der Waals surface area contributed by atoms with Gasteiger partial charge in [-0.15, -0.1) is 13.2 Å². The van der Waals surface area contributed by atoms with Crippen molar-refractivity contribution in [2.24, 2.45) is 0 Å². The third-order valence-corrected chi connectivity index (χ3v) is 2.71. The van der Waals surface area contributed by atoms with Crippen LogP contribution in [-0.2, 0) is 17.6 Å². The number of benzene rings is 1. The number of hydrogen-bond acceptors (Lipinski definition) is 1. The molecule has 0 aliphatic heterocycles. The molecule has 0 unspecified atom stereocenters. The minimum Gasteiger partial charge on any atom is -0.478 e. The molecule has 1 aromatic carbocycles. The maximum absolute atomic E-state index is 10.9. The van der Waals surface area contributed by atoms with Crippen LogP contribution in [0.25, 0.3) is 6.08 Å². The molecule has 0 atom stereocenters. The number of rotatable bonds is 6. The highest BCUT2D eigenvalue weighted by atomic mass is 16.4. The first-order valence-electron chi connectivity index (χ1n) is 5.84. The number of aliphatic carboxylic acids is 1. The van der Waals surface area contributed by atoms with Crippen LogP contribution in [0.3, 0.4) is 0 Å². The first-order valence-corrected chi connectivity index (χ1v) is 5.84. The van der Waals surface area contributed by atoms with Gasteiger partial charge in [-0.1, -0.05) is 30.4 Å². The predicted octanol–water partition coefficient (Wildman–Crippen LogP) is 3.63. The lowest BCUT2D eigenvalue weighted by atomic mass is 9.95. The van der Waals surface area contributed by atoms with E-state index in [2.05, 4.69) is 13.2 Å². The number of hydrogen-bond donors (Lipinski definition) is 1. The largest absolute Gasteiger partial charge is 0.478 e. The first-order chi connectivity index (χ1) is 8.60. The average molecular weight is 242 g/mol. The number of carbonyl (C=O) groups is 1. The van der Waals surface area contributed by atoms with E-state index < -0.39 is 5.97 Å². The van der Waals surface area contributed by atoms with Crippen molar-refractivity contribution in [2.75, 3.05) is 0 Å². The summed E-state index contributed by atoms with van der Waals surface area (Å²) < 4.78 is 0. The highest BCUT2D eigenvalue weighted by Gasteiger charge is 2.07. The Morgan fingerprint density at radius 1 is 1.22 bits per heavy atom. The van der Waals surface area contributed by atoms with E-state index in [9.17, 15) is 4.79 Å². The van der Waals surface area contributed by atoms with E-state index in [1.165, 1.54) is 0 Å². The molecule has 0 radical (unpaired) electrons. The molecule has 0 saturated carbocycles. The van der Waals surface area contributed by atoms with Gasteiger partial charge in [0, 0.05) is 5.57 Å². The molecule has 0 aliphatic rings. The third kappa shape index (κ3) is 3.45. The molecule has 0 aromatic heterocycles. The van der Waals surface area contributed by atoms with Crippen LogP contribution in [0.5, 0.6) is 0 Å². The van der Waals surface area contributed by atoms with Crippen molar-refractivity contribution in [1.29, 1.82) is 0 Å². The molecule has 0 amide bonds. The van der Waals surface area contributed by atoms with Crippen LogP contribution in [0.1, 0.15) is 23.6 Å². The summed E-state index contributed by atoms with van der Waals surface area (Å²) in [5.41, 5.74) is 3.48. The minimum atomic E-state index is -0.895. The molecule has 1 aromatic rings. The van der Waals surface area contributed by atoms with Crippen molar-refractivity contribution in [3.8, 4) is 0 Å². The lowest BCUT2D eigenvalue weighted by Crippen LogP contribution is -1.99. The second kappa shape index (κ2) is 6.60. The van der Waals surface area contributed by atoms with Gasteiger partial charge in [0.15, 0.2) is 0 Å². The lowest BCUT2D eigenvalue weighted by Gasteiger charge is -2.10. The van der Waals surface area contributed by atoms with E-state index in [-0.39, 0.29) is 0 Å². The standard InChI is InChI=1S/C16H18O2/c1-4-7-13-9-6-10-14(8-5-2)15(13)11-12(3)16(17)18/h4-6,9-11H,1-2,7-8H2,3H3,(H,17,18)/b12-11+. The highest BCUT2D eigenvalue weighted by Crippen LogP contribution is 2.20. The molecule has 0 fully saturated rings. The Bertz CT molecular complexity index is 468. The minimum absolute atomic E-state index is 0.330. The summed E-state index contributed by atoms with van der Waals surface area (Å²) in [5, 5.41) is 8.98. The van der Waals surface area contributed by atoms with Gasteiger partial charge in [0.1, 0.15) is 0 Å². The van der Waals surface area contributed by atoms with Crippen molar-refractivity contribution in [3.63, 3.8) is 0 Å². The molecule has 0 bridgehead atoms. The zero-order valence-electron chi connectivity index (χ0n) is 10.6. The molecular formula is C16H18O2. The second-order valence-electron chi connectivity index (χ2n) is 4.11. The van der Waals surface area contributed by atoms with Crippen LogP contribution in [0.2, 0.25) is 0 Å². The van der Waals surface area contributed by atoms with E-state index >= 15 is 0 Å². The van der Waals surface area contributed by atoms with E-state index in [4.69, 9.17) is 5.11 Å². The van der Waals surface area contributed by atoms with Gasteiger partial charge in [-0.3, -0.25) is 0 Å². The summed E-state index contributed by atoms with van der Waals surface area (Å²) in [7, 11) is 0. The van der Waals surface area contributed by atoms with Crippen molar-refractivity contribution in [2.45, 2.75) is 19.8 Å². The topological polar surface area (TPSA) is 37.3 Å². The summed E-state index contributed by atoms with van der Waals surface area (Å²) >= 11 is 0. The average Bonchev–Trinajstić information content (AvgIpc) is 2.33. The normalized spacial score (nSPS) is 11.1. The Morgan fingerprint density at radius 2 is 1.72 bits per heavy atom. The molecule has 2 heteroatoms. The van der Waals surface area contributed by atoms with Gasteiger partial charge in [0.2, 0.25) is 0 Å². The van der Waals surface area contributed by atoms with E-state index in [0.29, 0.717) is 5.57 Å². The Balaban J connectivity index is 3.34. The van der Waals surface area contributed by atoms with Gasteiger partial charge in [-0.25, -0.2) is 4.79 Å². The van der Waals surface area contributed by atoms with Crippen LogP contribution in [0.4, 0.5) is 0 Å². The van der Waals surface area contributed by atoms with Crippen molar-refractivity contribution in [1.82, 2.24) is 0 Å². The molecule has 1 rings (SSSR count). The van der Waals surface area contributed by atoms with Gasteiger partial charge in [-0.2, -0.15) is 0 Å². The van der Waals surface area contributed by atoms with Gasteiger partial charge in [-0.05, 0) is 42.5 Å². The molecule has 18 heavy (non-hydrogen) atoms. The van der Waals surface area contributed by atoms with Gasteiger partial charge in [0.05, 0.1) is 0 Å². The Kier molecular flexibility index (Phi) is 5.12. The van der Waals surface area contributed by atoms with E-state index in [1.54, 1.807) is 13.0 Å². The van der Waals surface area contributed by atoms with Crippen molar-refractivity contribution in [3.05, 3.63) is 65.8 Å². The van der Waals surface area contributed by atoms with Crippen molar-refractivity contribution >= 4 is 12.0 Å². The smallest absolute Gasteiger partial charge is 0.331 e. The fourth-order valence-electron chi connectivity index (χ4n) is 1.80. The molecule has 0 aliphatic carbocycles. The molecule has 2 nitrogen and oxygen atoms in total. The summed E-state index contributed by atoms with van der Waals surface area (Å²) in [4.78, 5) is 10.9. The highest BCUT2D eigenvalue weighted by molar-refractivity contribution is 5.92. The molecule has 94 valence electrons. The Labute approximate surface area is 108 Å². The maximum Gasteiger partial charge on any atom is 0.331 e. The van der Waals surface area contributed by atoms with E-state index in [0.717, 1.165) is 29.5 Å². The number of carboxylic acids is 1.